The van der Waals surface area contributed by atoms with Crippen LogP contribution in [0.3, 0.4) is 0 Å². The van der Waals surface area contributed by atoms with Crippen molar-refractivity contribution in [2.45, 2.75) is 18.9 Å². The number of rotatable bonds is 5. The quantitative estimate of drug-likeness (QED) is 0.603. The van der Waals surface area contributed by atoms with E-state index in [1.54, 1.807) is 6.08 Å². The molecule has 1 unspecified atom stereocenters. The number of aliphatic hydroxyl groups is 1. The van der Waals surface area contributed by atoms with Gasteiger partial charge in [-0.3, -0.25) is 0 Å². The molecule has 1 atom stereocenters. The van der Waals surface area contributed by atoms with Crippen LogP contribution < -0.4 is 5.32 Å². The number of nitrogens with one attached hydrogen (secondary N) is 1. The lowest BCUT2D eigenvalue weighted by Gasteiger charge is -2.08. The highest BCUT2D eigenvalue weighted by Crippen LogP contribution is 2.07. The molecule has 4 nitrogen and oxygen atoms in total. The van der Waals surface area contributed by atoms with E-state index in [0.29, 0.717) is 0 Å². The first-order chi connectivity index (χ1) is 6.14. The molecule has 0 aromatic carbocycles. The maximum atomic E-state index is 11.0. The first-order valence-corrected chi connectivity index (χ1v) is 6.11. The summed E-state index contributed by atoms with van der Waals surface area (Å²) in [6, 6.07) is -0.0382. The Kier molecular flexibility index (Phi) is 3.90. The van der Waals surface area contributed by atoms with Crippen LogP contribution in [0.15, 0.2) is 11.5 Å². The molecule has 1 heterocycles. The number of hydrogen-bond donors (Lipinski definition) is 2. The highest BCUT2D eigenvalue weighted by molar-refractivity contribution is 7.94. The van der Waals surface area contributed by atoms with Crippen molar-refractivity contribution in [1.82, 2.24) is 5.32 Å². The molecule has 0 aliphatic carbocycles. The zero-order valence-electron chi connectivity index (χ0n) is 7.44. The van der Waals surface area contributed by atoms with Crippen LogP contribution in [0.25, 0.3) is 0 Å². The van der Waals surface area contributed by atoms with Gasteiger partial charge in [-0.2, -0.15) is 0 Å². The summed E-state index contributed by atoms with van der Waals surface area (Å²) >= 11 is 0. The summed E-state index contributed by atoms with van der Waals surface area (Å²) in [4.78, 5) is 0. The van der Waals surface area contributed by atoms with Gasteiger partial charge in [0.05, 0.1) is 5.75 Å². The summed E-state index contributed by atoms with van der Waals surface area (Å²) in [6.07, 6.45) is 3.31. The van der Waals surface area contributed by atoms with Crippen LogP contribution in [0.1, 0.15) is 12.8 Å². The van der Waals surface area contributed by atoms with E-state index in [2.05, 4.69) is 5.32 Å². The molecule has 2 N–H and O–H groups in total. The van der Waals surface area contributed by atoms with Crippen molar-refractivity contribution < 1.29 is 13.5 Å². The molecule has 0 amide bonds. The molecule has 0 saturated carbocycles. The van der Waals surface area contributed by atoms with Crippen LogP contribution >= 0.6 is 0 Å². The molecular weight excluding hydrogens is 190 g/mol. The van der Waals surface area contributed by atoms with Crippen LogP contribution in [0.5, 0.6) is 0 Å². The fourth-order valence-electron chi connectivity index (χ4n) is 1.23. The summed E-state index contributed by atoms with van der Waals surface area (Å²) in [7, 11) is -2.93. The third-order valence-electron chi connectivity index (χ3n) is 1.92. The topological polar surface area (TPSA) is 66.4 Å². The van der Waals surface area contributed by atoms with Gasteiger partial charge in [-0.25, -0.2) is 8.42 Å². The van der Waals surface area contributed by atoms with Crippen LogP contribution in [0.2, 0.25) is 0 Å². The van der Waals surface area contributed by atoms with E-state index in [1.807, 2.05) is 0 Å². The Morgan fingerprint density at radius 2 is 2.23 bits per heavy atom. The van der Waals surface area contributed by atoms with Crippen molar-refractivity contribution >= 4 is 9.84 Å². The fraction of sp³-hybridized carbons (Fsp3) is 0.750. The van der Waals surface area contributed by atoms with E-state index in [-0.39, 0.29) is 18.4 Å². The second-order valence-electron chi connectivity index (χ2n) is 3.15. The predicted octanol–water partition coefficient (Wildman–Crippen LogP) is -0.341. The molecule has 0 radical (unpaired) electrons. The Bertz CT molecular complexity index is 271. The Labute approximate surface area is 78.6 Å². The van der Waals surface area contributed by atoms with Crippen molar-refractivity contribution in [3.05, 3.63) is 11.5 Å². The van der Waals surface area contributed by atoms with E-state index >= 15 is 0 Å². The third kappa shape index (κ3) is 3.89. The molecule has 0 bridgehead atoms. The van der Waals surface area contributed by atoms with E-state index < -0.39 is 9.84 Å². The van der Waals surface area contributed by atoms with Gasteiger partial charge in [-0.15, -0.1) is 0 Å². The number of hydrogen-bond acceptors (Lipinski definition) is 4. The molecule has 0 saturated heterocycles. The standard InChI is InChI=1S/C8H15NO3S/c10-5-2-1-4-9-8-3-6-13(11,12)7-8/h3,6,8-10H,1-2,4-5,7H2. The third-order valence-corrected chi connectivity index (χ3v) is 3.32. The lowest BCUT2D eigenvalue weighted by molar-refractivity contribution is 0.283. The largest absolute Gasteiger partial charge is 0.396 e. The van der Waals surface area contributed by atoms with Crippen molar-refractivity contribution in [2.24, 2.45) is 0 Å². The van der Waals surface area contributed by atoms with Gasteiger partial charge < -0.3 is 10.4 Å². The van der Waals surface area contributed by atoms with Gasteiger partial charge in [0.25, 0.3) is 0 Å². The van der Waals surface area contributed by atoms with Crippen LogP contribution in [0, 0.1) is 0 Å². The molecule has 1 aliphatic rings. The SMILES string of the molecule is O=S1(=O)C=CC(NCCCCO)C1. The second kappa shape index (κ2) is 4.74. The average molecular weight is 205 g/mol. The summed E-state index contributed by atoms with van der Waals surface area (Å²) < 4.78 is 21.9. The molecule has 1 aliphatic heterocycles. The summed E-state index contributed by atoms with van der Waals surface area (Å²) in [5, 5.41) is 12.9. The number of sulfone groups is 1. The first kappa shape index (κ1) is 10.7. The molecule has 13 heavy (non-hydrogen) atoms. The minimum atomic E-state index is -2.93. The molecule has 0 aromatic heterocycles. The lowest BCUT2D eigenvalue weighted by Crippen LogP contribution is -2.30. The molecule has 76 valence electrons. The van der Waals surface area contributed by atoms with Crippen LogP contribution in [-0.4, -0.2) is 38.5 Å². The molecule has 0 aromatic rings. The molecule has 0 spiro atoms. The van der Waals surface area contributed by atoms with Gasteiger partial charge in [0.15, 0.2) is 9.84 Å². The van der Waals surface area contributed by atoms with E-state index in [1.165, 1.54) is 5.41 Å². The van der Waals surface area contributed by atoms with Crippen molar-refractivity contribution in [3.63, 3.8) is 0 Å². The number of aliphatic hydroxyl groups excluding tert-OH is 1. The molecule has 5 heteroatoms. The van der Waals surface area contributed by atoms with Gasteiger partial charge in [0.1, 0.15) is 0 Å². The smallest absolute Gasteiger partial charge is 0.173 e. The van der Waals surface area contributed by atoms with Crippen LogP contribution in [-0.2, 0) is 9.84 Å². The van der Waals surface area contributed by atoms with E-state index in [4.69, 9.17) is 5.11 Å². The van der Waals surface area contributed by atoms with E-state index in [0.717, 1.165) is 19.4 Å². The van der Waals surface area contributed by atoms with Gasteiger partial charge in [-0.1, -0.05) is 6.08 Å². The molecule has 0 fully saturated rings. The maximum Gasteiger partial charge on any atom is 0.173 e. The molecule has 1 rings (SSSR count). The van der Waals surface area contributed by atoms with Crippen molar-refractivity contribution in [1.29, 1.82) is 0 Å². The van der Waals surface area contributed by atoms with Gasteiger partial charge >= 0.3 is 0 Å². The summed E-state index contributed by atoms with van der Waals surface area (Å²) in [5.74, 6) is 0.173. The van der Waals surface area contributed by atoms with Gasteiger partial charge in [0.2, 0.25) is 0 Å². The second-order valence-corrected chi connectivity index (χ2v) is 5.08. The minimum Gasteiger partial charge on any atom is -0.396 e. The highest BCUT2D eigenvalue weighted by Gasteiger charge is 2.20. The zero-order chi connectivity index (χ0) is 9.73. The zero-order valence-corrected chi connectivity index (χ0v) is 8.26. The Hall–Kier alpha value is -0.390. The summed E-state index contributed by atoms with van der Waals surface area (Å²) in [5.41, 5.74) is 0. The Balaban J connectivity index is 2.16. The molecular formula is C8H15NO3S. The summed E-state index contributed by atoms with van der Waals surface area (Å²) in [6.45, 7) is 0.950. The van der Waals surface area contributed by atoms with Crippen LogP contribution in [0.4, 0.5) is 0 Å². The van der Waals surface area contributed by atoms with E-state index in [9.17, 15) is 8.42 Å². The number of unbranched alkanes of at least 4 members (excludes halogenated alkanes) is 1. The lowest BCUT2D eigenvalue weighted by atomic mass is 10.3. The van der Waals surface area contributed by atoms with Crippen molar-refractivity contribution in [2.75, 3.05) is 18.9 Å². The Morgan fingerprint density at radius 3 is 2.77 bits per heavy atom. The Morgan fingerprint density at radius 1 is 1.46 bits per heavy atom. The highest BCUT2D eigenvalue weighted by atomic mass is 32.2. The fourth-order valence-corrected chi connectivity index (χ4v) is 2.50. The predicted molar refractivity (Wildman–Crippen MR) is 51.0 cm³/mol. The normalized spacial score (nSPS) is 25.2. The average Bonchev–Trinajstić information content (AvgIpc) is 2.40. The monoisotopic (exact) mass is 205 g/mol. The van der Waals surface area contributed by atoms with Gasteiger partial charge in [-0.05, 0) is 19.4 Å². The minimum absolute atomic E-state index is 0.0382. The van der Waals surface area contributed by atoms with Crippen molar-refractivity contribution in [3.8, 4) is 0 Å². The first-order valence-electron chi connectivity index (χ1n) is 4.39. The van der Waals surface area contributed by atoms with Gasteiger partial charge in [0, 0.05) is 18.1 Å². The maximum absolute atomic E-state index is 11.0.